The van der Waals surface area contributed by atoms with Crippen LogP contribution in [0.15, 0.2) is 47.4 Å². The second-order valence-electron chi connectivity index (χ2n) is 4.67. The van der Waals surface area contributed by atoms with Crippen LogP contribution in [0.4, 0.5) is 18.9 Å². The van der Waals surface area contributed by atoms with Gasteiger partial charge in [0, 0.05) is 6.07 Å². The van der Waals surface area contributed by atoms with Crippen LogP contribution in [0, 0.1) is 0 Å². The average molecular weight is 361 g/mol. The van der Waals surface area contributed by atoms with Gasteiger partial charge in [0.2, 0.25) is 0 Å². The molecular weight excluding hydrogens is 347 g/mol. The Morgan fingerprint density at radius 3 is 2.25 bits per heavy atom. The summed E-state index contributed by atoms with van der Waals surface area (Å²) in [5.74, 6) is 0.521. The van der Waals surface area contributed by atoms with Crippen LogP contribution >= 0.6 is 0 Å². The molecule has 0 amide bonds. The van der Waals surface area contributed by atoms with E-state index in [2.05, 4.69) is 4.72 Å². The lowest BCUT2D eigenvalue weighted by molar-refractivity contribution is -0.139. The van der Waals surface area contributed by atoms with E-state index in [-0.39, 0.29) is 11.4 Å². The minimum Gasteiger partial charge on any atom is -0.497 e. The summed E-state index contributed by atoms with van der Waals surface area (Å²) < 4.78 is 76.0. The summed E-state index contributed by atoms with van der Waals surface area (Å²) in [5.41, 5.74) is -1.25. The van der Waals surface area contributed by atoms with Crippen molar-refractivity contribution in [3.63, 3.8) is 0 Å². The van der Waals surface area contributed by atoms with Gasteiger partial charge in [0.25, 0.3) is 10.0 Å². The van der Waals surface area contributed by atoms with Crippen molar-refractivity contribution >= 4 is 15.7 Å². The Morgan fingerprint density at radius 2 is 1.67 bits per heavy atom. The van der Waals surface area contributed by atoms with Crippen LogP contribution in [-0.2, 0) is 16.2 Å². The third kappa shape index (κ3) is 3.73. The topological polar surface area (TPSA) is 64.6 Å². The number of hydrogen-bond acceptors (Lipinski definition) is 4. The molecule has 0 saturated carbocycles. The van der Waals surface area contributed by atoms with E-state index >= 15 is 0 Å². The second-order valence-corrected chi connectivity index (χ2v) is 6.32. The SMILES string of the molecule is COc1ccc(NS(=O)(=O)c2ccccc2C(F)(F)F)c(OC)c1. The van der Waals surface area contributed by atoms with E-state index in [9.17, 15) is 21.6 Å². The Labute approximate surface area is 137 Å². The molecule has 0 aliphatic carbocycles. The third-order valence-electron chi connectivity index (χ3n) is 3.13. The molecule has 0 heterocycles. The summed E-state index contributed by atoms with van der Waals surface area (Å²) in [6.07, 6.45) is -4.80. The van der Waals surface area contributed by atoms with Crippen molar-refractivity contribution in [1.82, 2.24) is 0 Å². The molecule has 5 nitrogen and oxygen atoms in total. The molecule has 9 heteroatoms. The molecule has 24 heavy (non-hydrogen) atoms. The number of hydrogen-bond donors (Lipinski definition) is 1. The van der Waals surface area contributed by atoms with Crippen molar-refractivity contribution in [3.8, 4) is 11.5 Å². The highest BCUT2D eigenvalue weighted by Gasteiger charge is 2.37. The van der Waals surface area contributed by atoms with Crippen LogP contribution in [0.3, 0.4) is 0 Å². The first-order valence-corrected chi connectivity index (χ1v) is 8.08. The maximum absolute atomic E-state index is 13.0. The molecule has 0 aliphatic rings. The second kappa shape index (κ2) is 6.60. The zero-order chi connectivity index (χ0) is 18.0. The summed E-state index contributed by atoms with van der Waals surface area (Å²) >= 11 is 0. The predicted molar refractivity (Wildman–Crippen MR) is 81.8 cm³/mol. The molecule has 0 unspecified atom stereocenters. The Kier molecular flexibility index (Phi) is 4.93. The highest BCUT2D eigenvalue weighted by Crippen LogP contribution is 2.36. The first-order chi connectivity index (χ1) is 11.2. The minimum atomic E-state index is -4.80. The van der Waals surface area contributed by atoms with E-state index in [4.69, 9.17) is 9.47 Å². The standard InChI is InChI=1S/C15H14F3NO4S/c1-22-10-7-8-12(13(9-10)23-2)19-24(20,21)14-6-4-3-5-11(14)15(16,17)18/h3-9,19H,1-2H3. The maximum Gasteiger partial charge on any atom is 0.417 e. The normalized spacial score (nSPS) is 11.9. The van der Waals surface area contributed by atoms with Crippen molar-refractivity contribution < 1.29 is 31.1 Å². The largest absolute Gasteiger partial charge is 0.497 e. The van der Waals surface area contributed by atoms with E-state index in [1.165, 1.54) is 38.5 Å². The fourth-order valence-corrected chi connectivity index (χ4v) is 3.32. The highest BCUT2D eigenvalue weighted by molar-refractivity contribution is 7.92. The van der Waals surface area contributed by atoms with E-state index in [0.29, 0.717) is 11.8 Å². The van der Waals surface area contributed by atoms with Crippen LogP contribution in [0.5, 0.6) is 11.5 Å². The molecule has 0 atom stereocenters. The van der Waals surface area contributed by atoms with Gasteiger partial charge in [-0.2, -0.15) is 13.2 Å². The first kappa shape index (κ1) is 17.9. The Hall–Kier alpha value is -2.42. The molecule has 1 N–H and O–H groups in total. The first-order valence-electron chi connectivity index (χ1n) is 6.60. The van der Waals surface area contributed by atoms with E-state index < -0.39 is 26.7 Å². The summed E-state index contributed by atoms with van der Waals surface area (Å²) in [6, 6.07) is 8.14. The van der Waals surface area contributed by atoms with Crippen LogP contribution in [-0.4, -0.2) is 22.6 Å². The van der Waals surface area contributed by atoms with Gasteiger partial charge in [0.05, 0.1) is 30.4 Å². The molecule has 0 bridgehead atoms. The van der Waals surface area contributed by atoms with Crippen LogP contribution < -0.4 is 14.2 Å². The number of nitrogens with one attached hydrogen (secondary N) is 1. The van der Waals surface area contributed by atoms with Crippen molar-refractivity contribution in [1.29, 1.82) is 0 Å². The average Bonchev–Trinajstić information content (AvgIpc) is 2.54. The molecule has 0 saturated heterocycles. The van der Waals surface area contributed by atoms with Crippen molar-refractivity contribution in [3.05, 3.63) is 48.0 Å². The van der Waals surface area contributed by atoms with Crippen molar-refractivity contribution in [2.24, 2.45) is 0 Å². The van der Waals surface area contributed by atoms with E-state index in [1.807, 2.05) is 0 Å². The number of alkyl halides is 3. The lowest BCUT2D eigenvalue weighted by Gasteiger charge is -2.16. The van der Waals surface area contributed by atoms with Gasteiger partial charge in [-0.15, -0.1) is 0 Å². The molecule has 130 valence electrons. The fourth-order valence-electron chi connectivity index (χ4n) is 2.02. The molecular formula is C15H14F3NO4S. The Morgan fingerprint density at radius 1 is 1.00 bits per heavy atom. The lowest BCUT2D eigenvalue weighted by Crippen LogP contribution is -2.19. The van der Waals surface area contributed by atoms with Crippen LogP contribution in [0.2, 0.25) is 0 Å². The number of benzene rings is 2. The minimum absolute atomic E-state index is 0.00437. The lowest BCUT2D eigenvalue weighted by atomic mass is 10.2. The van der Waals surface area contributed by atoms with Gasteiger partial charge >= 0.3 is 6.18 Å². The molecule has 2 aromatic rings. The van der Waals surface area contributed by atoms with Gasteiger partial charge in [0.15, 0.2) is 0 Å². The highest BCUT2D eigenvalue weighted by atomic mass is 32.2. The summed E-state index contributed by atoms with van der Waals surface area (Å²) in [5, 5.41) is 0. The Bertz CT molecular complexity index is 835. The monoisotopic (exact) mass is 361 g/mol. The van der Waals surface area contributed by atoms with E-state index in [0.717, 1.165) is 12.1 Å². The number of rotatable bonds is 5. The van der Waals surface area contributed by atoms with Gasteiger partial charge in [-0.05, 0) is 24.3 Å². The summed E-state index contributed by atoms with van der Waals surface area (Å²) in [4.78, 5) is -0.865. The fraction of sp³-hybridized carbons (Fsp3) is 0.200. The molecule has 0 spiro atoms. The Balaban J connectivity index is 2.47. The van der Waals surface area contributed by atoms with E-state index in [1.54, 1.807) is 0 Å². The number of anilines is 1. The van der Waals surface area contributed by atoms with Crippen LogP contribution in [0.1, 0.15) is 5.56 Å². The maximum atomic E-state index is 13.0. The molecule has 0 fully saturated rings. The smallest absolute Gasteiger partial charge is 0.417 e. The molecule has 0 aliphatic heterocycles. The van der Waals surface area contributed by atoms with Gasteiger partial charge in [-0.25, -0.2) is 8.42 Å². The number of methoxy groups -OCH3 is 2. The van der Waals surface area contributed by atoms with Crippen LogP contribution in [0.25, 0.3) is 0 Å². The molecule has 2 rings (SSSR count). The molecule has 0 radical (unpaired) electrons. The van der Waals surface area contributed by atoms with Crippen molar-refractivity contribution in [2.45, 2.75) is 11.1 Å². The molecule has 0 aromatic heterocycles. The quantitative estimate of drug-likeness (QED) is 0.885. The van der Waals surface area contributed by atoms with Gasteiger partial charge in [-0.1, -0.05) is 12.1 Å². The summed E-state index contributed by atoms with van der Waals surface area (Å²) in [6.45, 7) is 0. The predicted octanol–water partition coefficient (Wildman–Crippen LogP) is 3.52. The zero-order valence-electron chi connectivity index (χ0n) is 12.7. The van der Waals surface area contributed by atoms with Crippen molar-refractivity contribution in [2.75, 3.05) is 18.9 Å². The van der Waals surface area contributed by atoms with Gasteiger partial charge < -0.3 is 9.47 Å². The van der Waals surface area contributed by atoms with Gasteiger partial charge in [0.1, 0.15) is 11.5 Å². The summed E-state index contributed by atoms with van der Waals surface area (Å²) in [7, 11) is -1.75. The number of halogens is 3. The third-order valence-corrected chi connectivity index (χ3v) is 4.56. The number of sulfonamides is 1. The van der Waals surface area contributed by atoms with Gasteiger partial charge in [-0.3, -0.25) is 4.72 Å². The zero-order valence-corrected chi connectivity index (χ0v) is 13.5. The molecule has 2 aromatic carbocycles. The number of ether oxygens (including phenoxy) is 2.